The lowest BCUT2D eigenvalue weighted by atomic mass is 9.89. The summed E-state index contributed by atoms with van der Waals surface area (Å²) in [5.41, 5.74) is 5.69. The Hall–Kier alpha value is -0.320. The van der Waals surface area contributed by atoms with E-state index in [2.05, 4.69) is 26.1 Å². The van der Waals surface area contributed by atoms with E-state index in [1.807, 2.05) is 0 Å². The monoisotopic (exact) mass is 266 g/mol. The SMILES string of the molecule is CC(N)C(C)C(=O)NCC(O)CC(C)(C)C.Cl. The minimum atomic E-state index is -0.496. The molecule has 3 atom stereocenters. The molecule has 0 saturated carbocycles. The van der Waals surface area contributed by atoms with Crippen LogP contribution in [0, 0.1) is 11.3 Å². The second-order valence-corrected chi connectivity index (χ2v) is 5.81. The Labute approximate surface area is 111 Å². The minimum Gasteiger partial charge on any atom is -0.391 e. The Bertz CT molecular complexity index is 227. The number of nitrogens with two attached hydrogens (primary N) is 1. The average molecular weight is 267 g/mol. The molecule has 1 amide bonds. The molecule has 0 aliphatic rings. The molecular weight excluding hydrogens is 240 g/mol. The van der Waals surface area contributed by atoms with Crippen molar-refractivity contribution in [2.24, 2.45) is 17.1 Å². The van der Waals surface area contributed by atoms with Crippen LogP contribution in [-0.2, 0) is 4.79 Å². The molecule has 17 heavy (non-hydrogen) atoms. The van der Waals surface area contributed by atoms with Gasteiger partial charge in [0, 0.05) is 18.5 Å². The van der Waals surface area contributed by atoms with Crippen molar-refractivity contribution in [1.29, 1.82) is 0 Å². The second-order valence-electron chi connectivity index (χ2n) is 5.81. The molecule has 0 aliphatic heterocycles. The number of nitrogens with one attached hydrogen (secondary N) is 1. The third kappa shape index (κ3) is 9.39. The van der Waals surface area contributed by atoms with Gasteiger partial charge in [0.2, 0.25) is 5.91 Å². The maximum atomic E-state index is 11.6. The molecule has 0 heterocycles. The standard InChI is InChI=1S/C12H26N2O2.ClH/c1-8(9(2)13)11(16)14-7-10(15)6-12(3,4)5;/h8-10,15H,6-7,13H2,1-5H3,(H,14,16);1H. The molecule has 0 fully saturated rings. The lowest BCUT2D eigenvalue weighted by Crippen LogP contribution is -2.42. The van der Waals surface area contributed by atoms with E-state index < -0.39 is 6.10 Å². The molecule has 0 bridgehead atoms. The Morgan fingerprint density at radius 2 is 1.82 bits per heavy atom. The zero-order valence-corrected chi connectivity index (χ0v) is 12.3. The summed E-state index contributed by atoms with van der Waals surface area (Å²) in [6.07, 6.45) is 0.170. The quantitative estimate of drug-likeness (QED) is 0.702. The van der Waals surface area contributed by atoms with Gasteiger partial charge >= 0.3 is 0 Å². The van der Waals surface area contributed by atoms with Crippen molar-refractivity contribution in [2.75, 3.05) is 6.54 Å². The Balaban J connectivity index is 0. The highest BCUT2D eigenvalue weighted by Gasteiger charge is 2.20. The van der Waals surface area contributed by atoms with Gasteiger partial charge in [0.1, 0.15) is 0 Å². The topological polar surface area (TPSA) is 75.4 Å². The molecule has 0 aromatic rings. The fourth-order valence-electron chi connectivity index (χ4n) is 1.40. The summed E-state index contributed by atoms with van der Waals surface area (Å²) in [4.78, 5) is 11.6. The predicted molar refractivity (Wildman–Crippen MR) is 73.1 cm³/mol. The van der Waals surface area contributed by atoms with Crippen LogP contribution in [0.5, 0.6) is 0 Å². The normalized spacial score (nSPS) is 16.6. The molecule has 3 unspecified atom stereocenters. The van der Waals surface area contributed by atoms with E-state index in [-0.39, 0.29) is 35.7 Å². The molecule has 0 aromatic heterocycles. The summed E-state index contributed by atoms with van der Waals surface area (Å²) in [5, 5.41) is 12.4. The third-order valence-corrected chi connectivity index (χ3v) is 2.56. The first-order chi connectivity index (χ1) is 7.13. The molecule has 104 valence electrons. The van der Waals surface area contributed by atoms with Crippen LogP contribution in [0.2, 0.25) is 0 Å². The molecule has 0 saturated heterocycles. The van der Waals surface area contributed by atoms with E-state index in [1.54, 1.807) is 13.8 Å². The molecule has 0 aromatic carbocycles. The maximum absolute atomic E-state index is 11.6. The summed E-state index contributed by atoms with van der Waals surface area (Å²) < 4.78 is 0. The molecule has 0 spiro atoms. The van der Waals surface area contributed by atoms with Crippen molar-refractivity contribution in [1.82, 2.24) is 5.32 Å². The first kappa shape index (κ1) is 19.0. The van der Waals surface area contributed by atoms with Crippen LogP contribution in [0.25, 0.3) is 0 Å². The van der Waals surface area contributed by atoms with Crippen LogP contribution in [0.15, 0.2) is 0 Å². The van der Waals surface area contributed by atoms with Gasteiger partial charge in [-0.15, -0.1) is 12.4 Å². The van der Waals surface area contributed by atoms with E-state index in [0.29, 0.717) is 13.0 Å². The number of carbonyl (C=O) groups excluding carboxylic acids is 1. The van der Waals surface area contributed by atoms with Crippen molar-refractivity contribution in [3.63, 3.8) is 0 Å². The van der Waals surface area contributed by atoms with Gasteiger partial charge in [-0.2, -0.15) is 0 Å². The van der Waals surface area contributed by atoms with Crippen LogP contribution in [0.1, 0.15) is 41.0 Å². The van der Waals surface area contributed by atoms with Crippen molar-refractivity contribution < 1.29 is 9.90 Å². The van der Waals surface area contributed by atoms with Crippen LogP contribution >= 0.6 is 12.4 Å². The lowest BCUT2D eigenvalue weighted by Gasteiger charge is -2.23. The van der Waals surface area contributed by atoms with Gasteiger partial charge < -0.3 is 16.2 Å². The van der Waals surface area contributed by atoms with Gasteiger partial charge in [0.25, 0.3) is 0 Å². The van der Waals surface area contributed by atoms with Gasteiger partial charge in [0.05, 0.1) is 6.10 Å². The van der Waals surface area contributed by atoms with Crippen LogP contribution in [0.4, 0.5) is 0 Å². The molecule has 4 N–H and O–H groups in total. The average Bonchev–Trinajstić information content (AvgIpc) is 2.09. The number of aliphatic hydroxyl groups is 1. The van der Waals surface area contributed by atoms with E-state index in [1.165, 1.54) is 0 Å². The highest BCUT2D eigenvalue weighted by atomic mass is 35.5. The van der Waals surface area contributed by atoms with Crippen LogP contribution in [0.3, 0.4) is 0 Å². The van der Waals surface area contributed by atoms with Gasteiger partial charge in [-0.3, -0.25) is 4.79 Å². The summed E-state index contributed by atoms with van der Waals surface area (Å²) in [6, 6.07) is -0.167. The summed E-state index contributed by atoms with van der Waals surface area (Å²) in [7, 11) is 0. The summed E-state index contributed by atoms with van der Waals surface area (Å²) >= 11 is 0. The van der Waals surface area contributed by atoms with E-state index in [4.69, 9.17) is 5.73 Å². The molecule has 0 aliphatic carbocycles. The highest BCUT2D eigenvalue weighted by Crippen LogP contribution is 2.20. The van der Waals surface area contributed by atoms with Crippen molar-refractivity contribution in [3.05, 3.63) is 0 Å². The van der Waals surface area contributed by atoms with E-state index in [9.17, 15) is 9.90 Å². The number of rotatable bonds is 5. The fraction of sp³-hybridized carbons (Fsp3) is 0.917. The largest absolute Gasteiger partial charge is 0.391 e. The summed E-state index contributed by atoms with van der Waals surface area (Å²) in [6.45, 7) is 10.1. The first-order valence-electron chi connectivity index (χ1n) is 5.85. The van der Waals surface area contributed by atoms with Crippen LogP contribution < -0.4 is 11.1 Å². The van der Waals surface area contributed by atoms with Crippen LogP contribution in [-0.4, -0.2) is 29.7 Å². The molecule has 0 radical (unpaired) electrons. The van der Waals surface area contributed by atoms with Gasteiger partial charge in [0.15, 0.2) is 0 Å². The fourth-order valence-corrected chi connectivity index (χ4v) is 1.40. The van der Waals surface area contributed by atoms with E-state index >= 15 is 0 Å². The van der Waals surface area contributed by atoms with Crippen molar-refractivity contribution >= 4 is 18.3 Å². The van der Waals surface area contributed by atoms with E-state index in [0.717, 1.165) is 0 Å². The van der Waals surface area contributed by atoms with Gasteiger partial charge in [-0.25, -0.2) is 0 Å². The Kier molecular flexibility index (Phi) is 8.84. The molecule has 5 heteroatoms. The Morgan fingerprint density at radius 3 is 2.18 bits per heavy atom. The highest BCUT2D eigenvalue weighted by molar-refractivity contribution is 5.85. The number of amides is 1. The van der Waals surface area contributed by atoms with Crippen molar-refractivity contribution in [3.8, 4) is 0 Å². The molecule has 0 rings (SSSR count). The molecular formula is C12H27ClN2O2. The number of halogens is 1. The summed E-state index contributed by atoms with van der Waals surface area (Å²) in [5.74, 6) is -0.315. The minimum absolute atomic E-state index is 0. The van der Waals surface area contributed by atoms with Gasteiger partial charge in [-0.05, 0) is 18.8 Å². The smallest absolute Gasteiger partial charge is 0.224 e. The number of hydrogen-bond acceptors (Lipinski definition) is 3. The number of carbonyl (C=O) groups is 1. The number of hydrogen-bond donors (Lipinski definition) is 3. The zero-order valence-electron chi connectivity index (χ0n) is 11.5. The maximum Gasteiger partial charge on any atom is 0.224 e. The lowest BCUT2D eigenvalue weighted by molar-refractivity contribution is -0.125. The zero-order chi connectivity index (χ0) is 12.9. The molecule has 4 nitrogen and oxygen atoms in total. The predicted octanol–water partition coefficient (Wildman–Crippen LogP) is 1.30. The number of aliphatic hydroxyl groups excluding tert-OH is 1. The first-order valence-corrected chi connectivity index (χ1v) is 5.85. The second kappa shape index (κ2) is 7.90. The Morgan fingerprint density at radius 1 is 1.35 bits per heavy atom. The van der Waals surface area contributed by atoms with Crippen molar-refractivity contribution in [2.45, 2.75) is 53.2 Å². The third-order valence-electron chi connectivity index (χ3n) is 2.56. The van der Waals surface area contributed by atoms with Gasteiger partial charge in [-0.1, -0.05) is 27.7 Å².